The lowest BCUT2D eigenvalue weighted by atomic mass is 9.79. The fourth-order valence-corrected chi connectivity index (χ4v) is 6.55. The molecule has 200 valence electrons. The zero-order valence-corrected chi connectivity index (χ0v) is 23.4. The molecular formula is C29H41N5O2S. The van der Waals surface area contributed by atoms with Gasteiger partial charge in [-0.2, -0.15) is 4.98 Å². The molecule has 4 rings (SSSR count). The average molecular weight is 524 g/mol. The molecule has 0 radical (unpaired) electrons. The molecule has 1 heterocycles. The normalized spacial score (nSPS) is 19.0. The first kappa shape index (κ1) is 27.3. The zero-order chi connectivity index (χ0) is 26.4. The molecule has 1 aliphatic carbocycles. The molecule has 0 spiro atoms. The highest BCUT2D eigenvalue weighted by Crippen LogP contribution is 2.32. The van der Waals surface area contributed by atoms with Crippen molar-refractivity contribution >= 4 is 32.7 Å². The highest BCUT2D eigenvalue weighted by atomic mass is 32.2. The van der Waals surface area contributed by atoms with Crippen LogP contribution in [0.1, 0.15) is 57.9 Å². The number of benzene rings is 2. The number of rotatable bonds is 11. The van der Waals surface area contributed by atoms with Crippen LogP contribution >= 0.6 is 0 Å². The van der Waals surface area contributed by atoms with Crippen LogP contribution in [0.4, 0.5) is 11.8 Å². The fraction of sp³-hybridized carbons (Fsp3) is 0.517. The van der Waals surface area contributed by atoms with Gasteiger partial charge in [-0.05, 0) is 87.1 Å². The van der Waals surface area contributed by atoms with Crippen LogP contribution in [0.3, 0.4) is 0 Å². The van der Waals surface area contributed by atoms with Gasteiger partial charge in [0.1, 0.15) is 5.82 Å². The fourth-order valence-electron chi connectivity index (χ4n) is 5.23. The number of hydrogen-bond donors (Lipinski definition) is 2. The Balaban J connectivity index is 1.29. The molecule has 0 aliphatic heterocycles. The maximum Gasteiger partial charge on any atom is 0.240 e. The molecule has 37 heavy (non-hydrogen) atoms. The number of anilines is 2. The van der Waals surface area contributed by atoms with E-state index < -0.39 is 10.0 Å². The summed E-state index contributed by atoms with van der Waals surface area (Å²) in [7, 11) is 0.478. The Morgan fingerprint density at radius 1 is 1.00 bits per heavy atom. The Labute approximate surface area is 222 Å². The first-order chi connectivity index (χ1) is 17.8. The van der Waals surface area contributed by atoms with Crippen LogP contribution in [0.25, 0.3) is 10.9 Å². The molecule has 1 fully saturated rings. The van der Waals surface area contributed by atoms with Crippen molar-refractivity contribution in [3.8, 4) is 0 Å². The van der Waals surface area contributed by atoms with Crippen molar-refractivity contribution in [3.63, 3.8) is 0 Å². The lowest BCUT2D eigenvalue weighted by Gasteiger charge is -2.32. The van der Waals surface area contributed by atoms with Gasteiger partial charge in [-0.3, -0.25) is 0 Å². The van der Waals surface area contributed by atoms with Crippen molar-refractivity contribution in [1.82, 2.24) is 14.7 Å². The second-order valence-electron chi connectivity index (χ2n) is 10.6. The van der Waals surface area contributed by atoms with E-state index in [9.17, 15) is 8.42 Å². The number of aromatic nitrogens is 2. The molecule has 1 aromatic heterocycles. The van der Waals surface area contributed by atoms with Crippen LogP contribution in [-0.4, -0.2) is 45.1 Å². The number of aryl methyl sites for hydroxylation is 1. The van der Waals surface area contributed by atoms with Gasteiger partial charge >= 0.3 is 0 Å². The number of nitrogens with one attached hydrogen (secondary N) is 2. The number of fused-ring (bicyclic) bond motifs is 1. The zero-order valence-electron chi connectivity index (χ0n) is 22.6. The molecule has 0 saturated heterocycles. The van der Waals surface area contributed by atoms with Crippen molar-refractivity contribution in [2.24, 2.45) is 11.8 Å². The SMILES string of the molecule is CCCCc1ccc(S(=O)(=O)NC(C)C2CCC(CNc3nc(N(C)C)c4ccccc4n3)CC2)cc1. The van der Waals surface area contributed by atoms with E-state index in [4.69, 9.17) is 9.97 Å². The molecule has 8 heteroatoms. The number of hydrogen-bond acceptors (Lipinski definition) is 6. The van der Waals surface area contributed by atoms with Crippen LogP contribution < -0.4 is 14.9 Å². The van der Waals surface area contributed by atoms with E-state index in [0.717, 1.165) is 68.2 Å². The number of para-hydroxylation sites is 1. The molecule has 3 aromatic rings. The van der Waals surface area contributed by atoms with Gasteiger partial charge in [0.25, 0.3) is 0 Å². The summed E-state index contributed by atoms with van der Waals surface area (Å²) >= 11 is 0. The lowest BCUT2D eigenvalue weighted by molar-refractivity contribution is 0.249. The molecule has 2 aromatic carbocycles. The average Bonchev–Trinajstić information content (AvgIpc) is 2.90. The third-order valence-electron chi connectivity index (χ3n) is 7.55. The highest BCUT2D eigenvalue weighted by Gasteiger charge is 2.28. The van der Waals surface area contributed by atoms with Crippen LogP contribution in [0.5, 0.6) is 0 Å². The van der Waals surface area contributed by atoms with E-state index >= 15 is 0 Å². The topological polar surface area (TPSA) is 87.2 Å². The third kappa shape index (κ3) is 6.99. The second kappa shape index (κ2) is 12.2. The van der Waals surface area contributed by atoms with Gasteiger partial charge in [-0.25, -0.2) is 18.1 Å². The molecule has 1 atom stereocenters. The lowest BCUT2D eigenvalue weighted by Crippen LogP contribution is -2.40. The van der Waals surface area contributed by atoms with Crippen LogP contribution in [0.2, 0.25) is 0 Å². The van der Waals surface area contributed by atoms with Gasteiger partial charge in [0, 0.05) is 32.1 Å². The van der Waals surface area contributed by atoms with Gasteiger partial charge in [0.2, 0.25) is 16.0 Å². The van der Waals surface area contributed by atoms with Gasteiger partial charge in [0.05, 0.1) is 10.4 Å². The van der Waals surface area contributed by atoms with Crippen molar-refractivity contribution in [1.29, 1.82) is 0 Å². The maximum atomic E-state index is 13.0. The summed E-state index contributed by atoms with van der Waals surface area (Å²) in [6.07, 6.45) is 7.37. The Kier molecular flexibility index (Phi) is 9.03. The first-order valence-corrected chi connectivity index (χ1v) is 15.0. The standard InChI is InChI=1S/C29H41N5O2S/c1-5-6-9-22-14-18-25(19-15-22)37(35,36)33-21(2)24-16-12-23(13-17-24)20-30-29-31-27-11-8-7-10-26(27)28(32-29)34(3)4/h7-8,10-11,14-15,18-19,21,23-24,33H,5-6,9,12-13,16-17,20H2,1-4H3,(H,30,31,32). The van der Waals surface area contributed by atoms with E-state index in [1.54, 1.807) is 12.1 Å². The van der Waals surface area contributed by atoms with Crippen LogP contribution in [0, 0.1) is 11.8 Å². The maximum absolute atomic E-state index is 13.0. The van der Waals surface area contributed by atoms with Crippen LogP contribution in [0.15, 0.2) is 53.4 Å². The monoisotopic (exact) mass is 523 g/mol. The van der Waals surface area contributed by atoms with Gasteiger partial charge in [-0.1, -0.05) is 37.6 Å². The van der Waals surface area contributed by atoms with E-state index in [1.807, 2.05) is 62.3 Å². The Hall–Kier alpha value is -2.71. The van der Waals surface area contributed by atoms with E-state index in [0.29, 0.717) is 22.7 Å². The summed E-state index contributed by atoms with van der Waals surface area (Å²) < 4.78 is 28.9. The molecule has 1 saturated carbocycles. The predicted octanol–water partition coefficient (Wildman–Crippen LogP) is 5.62. The summed E-state index contributed by atoms with van der Waals surface area (Å²) in [6.45, 7) is 4.98. The number of sulfonamides is 1. The molecule has 1 aliphatic rings. The molecule has 0 bridgehead atoms. The molecular weight excluding hydrogens is 482 g/mol. The van der Waals surface area contributed by atoms with Crippen molar-refractivity contribution in [2.45, 2.75) is 69.7 Å². The number of unbranched alkanes of at least 4 members (excludes halogenated alkanes) is 1. The summed E-state index contributed by atoms with van der Waals surface area (Å²) in [5.41, 5.74) is 2.12. The first-order valence-electron chi connectivity index (χ1n) is 13.6. The Bertz CT molecular complexity index is 1270. The largest absolute Gasteiger partial charge is 0.362 e. The van der Waals surface area contributed by atoms with Gasteiger partial charge in [0.15, 0.2) is 0 Å². The minimum Gasteiger partial charge on any atom is -0.362 e. The quantitative estimate of drug-likeness (QED) is 0.339. The summed E-state index contributed by atoms with van der Waals surface area (Å²) in [6, 6.07) is 15.3. The number of nitrogens with zero attached hydrogens (tertiary/aromatic N) is 3. The molecule has 1 unspecified atom stereocenters. The van der Waals surface area contributed by atoms with E-state index in [-0.39, 0.29) is 6.04 Å². The van der Waals surface area contributed by atoms with Crippen molar-refractivity contribution in [3.05, 3.63) is 54.1 Å². The summed E-state index contributed by atoms with van der Waals surface area (Å²) in [5, 5.41) is 4.51. The third-order valence-corrected chi connectivity index (χ3v) is 9.12. The van der Waals surface area contributed by atoms with Gasteiger partial charge < -0.3 is 10.2 Å². The molecule has 2 N–H and O–H groups in total. The Morgan fingerprint density at radius 3 is 2.38 bits per heavy atom. The molecule has 7 nitrogen and oxygen atoms in total. The predicted molar refractivity (Wildman–Crippen MR) is 153 cm³/mol. The highest BCUT2D eigenvalue weighted by molar-refractivity contribution is 7.89. The van der Waals surface area contributed by atoms with E-state index in [2.05, 4.69) is 17.0 Å². The summed E-state index contributed by atoms with van der Waals surface area (Å²) in [5.74, 6) is 2.43. The van der Waals surface area contributed by atoms with Crippen molar-refractivity contribution < 1.29 is 8.42 Å². The minimum absolute atomic E-state index is 0.0925. The second-order valence-corrected chi connectivity index (χ2v) is 12.3. The van der Waals surface area contributed by atoms with Crippen LogP contribution in [-0.2, 0) is 16.4 Å². The van der Waals surface area contributed by atoms with E-state index in [1.165, 1.54) is 5.56 Å². The summed E-state index contributed by atoms with van der Waals surface area (Å²) in [4.78, 5) is 11.8. The van der Waals surface area contributed by atoms with Gasteiger partial charge in [-0.15, -0.1) is 0 Å². The Morgan fingerprint density at radius 2 is 1.70 bits per heavy atom. The molecule has 0 amide bonds. The smallest absolute Gasteiger partial charge is 0.240 e. The van der Waals surface area contributed by atoms with Crippen molar-refractivity contribution in [2.75, 3.05) is 30.9 Å². The minimum atomic E-state index is -3.52.